The minimum absolute atomic E-state index is 0.202. The monoisotopic (exact) mass is 262 g/mol. The summed E-state index contributed by atoms with van der Waals surface area (Å²) < 4.78 is 11.5. The average Bonchev–Trinajstić information content (AvgIpc) is 2.57. The van der Waals surface area contributed by atoms with E-state index >= 15 is 0 Å². The van der Waals surface area contributed by atoms with E-state index in [1.54, 1.807) is 10.8 Å². The third-order valence-electron chi connectivity index (χ3n) is 2.93. The fourth-order valence-electron chi connectivity index (χ4n) is 1.73. The van der Waals surface area contributed by atoms with E-state index < -0.39 is 10.2 Å². The molecule has 0 bridgehead atoms. The molecule has 1 rings (SSSR count). The molecule has 1 aliphatic heterocycles. The van der Waals surface area contributed by atoms with Crippen LogP contribution < -0.4 is 0 Å². The molecule has 1 heterocycles. The lowest BCUT2D eigenvalue weighted by Gasteiger charge is -2.16. The van der Waals surface area contributed by atoms with E-state index in [1.165, 1.54) is 0 Å². The van der Waals surface area contributed by atoms with E-state index in [4.69, 9.17) is 0 Å². The topological polar surface area (TPSA) is 40.1 Å². The first-order valence-electron chi connectivity index (χ1n) is 5.98. The summed E-state index contributed by atoms with van der Waals surface area (Å²) in [5, 5.41) is 0.384. The molecule has 0 amide bonds. The van der Waals surface area contributed by atoms with Gasteiger partial charge in [-0.15, -0.1) is 0 Å². The number of hydrogen-bond donors (Lipinski definition) is 0. The van der Waals surface area contributed by atoms with Crippen molar-refractivity contribution in [3.8, 4) is 0 Å². The summed E-state index contributed by atoms with van der Waals surface area (Å²) >= 11 is 0. The summed E-state index contributed by atoms with van der Waals surface area (Å²) in [4.78, 5) is 11.7. The molecule has 1 aliphatic rings. The molecule has 16 heavy (non-hydrogen) atoms. The van der Waals surface area contributed by atoms with Gasteiger partial charge in [-0.25, -0.2) is 0 Å². The molecule has 0 aromatic heterocycles. The van der Waals surface area contributed by atoms with Crippen molar-refractivity contribution in [2.24, 2.45) is 5.41 Å². The maximum absolute atomic E-state index is 11.7. The van der Waals surface area contributed by atoms with Crippen LogP contribution in [-0.4, -0.2) is 21.3 Å². The van der Waals surface area contributed by atoms with Crippen molar-refractivity contribution in [3.63, 3.8) is 0 Å². The van der Waals surface area contributed by atoms with Crippen LogP contribution in [0.4, 0.5) is 0 Å². The Labute approximate surface area is 106 Å². The molecule has 0 spiro atoms. The summed E-state index contributed by atoms with van der Waals surface area (Å²) in [6.07, 6.45) is 4.78. The van der Waals surface area contributed by atoms with E-state index in [0.29, 0.717) is 17.5 Å². The molecule has 0 radical (unpaired) electrons. The van der Waals surface area contributed by atoms with Gasteiger partial charge in [0.2, 0.25) is 0 Å². The molecule has 2 unspecified atom stereocenters. The highest BCUT2D eigenvalue weighted by molar-refractivity contribution is 8.72. The summed E-state index contributed by atoms with van der Waals surface area (Å²) in [6, 6.07) is 0. The van der Waals surface area contributed by atoms with Gasteiger partial charge in [0.1, 0.15) is 11.0 Å². The third kappa shape index (κ3) is 4.68. The predicted octanol–water partition coefficient (Wildman–Crippen LogP) is 3.33. The molecular formula is C12H22O2S2. The van der Waals surface area contributed by atoms with Crippen LogP contribution >= 0.6 is 10.8 Å². The SMILES string of the molecule is CC(C)(C)C(=O)CCCCC1CCS[S+]1[O-]. The molecule has 2 atom stereocenters. The summed E-state index contributed by atoms with van der Waals surface area (Å²) in [5.41, 5.74) is -0.202. The van der Waals surface area contributed by atoms with Gasteiger partial charge in [0.15, 0.2) is 0 Å². The lowest BCUT2D eigenvalue weighted by molar-refractivity contribution is -0.126. The van der Waals surface area contributed by atoms with Crippen LogP contribution in [0.1, 0.15) is 52.9 Å². The third-order valence-corrected chi connectivity index (χ3v) is 6.59. The number of hydrogen-bond acceptors (Lipinski definition) is 3. The lowest BCUT2D eigenvalue weighted by atomic mass is 9.88. The molecule has 0 aromatic carbocycles. The zero-order chi connectivity index (χ0) is 12.2. The highest BCUT2D eigenvalue weighted by Crippen LogP contribution is 2.33. The normalized spacial score (nSPS) is 26.0. The second-order valence-electron chi connectivity index (χ2n) is 5.41. The number of Topliss-reactive ketones (excluding diaryl/α,β-unsaturated/α-hetero) is 1. The highest BCUT2D eigenvalue weighted by atomic mass is 33.1. The Balaban J connectivity index is 2.10. The second kappa shape index (κ2) is 6.31. The van der Waals surface area contributed by atoms with Crippen molar-refractivity contribution in [2.75, 3.05) is 5.75 Å². The van der Waals surface area contributed by atoms with Crippen LogP contribution in [0.5, 0.6) is 0 Å². The first-order chi connectivity index (χ1) is 7.41. The van der Waals surface area contributed by atoms with Gasteiger partial charge in [-0.1, -0.05) is 20.8 Å². The van der Waals surface area contributed by atoms with E-state index in [1.807, 2.05) is 20.8 Å². The van der Waals surface area contributed by atoms with Gasteiger partial charge < -0.3 is 4.55 Å². The van der Waals surface area contributed by atoms with Crippen LogP contribution in [-0.2, 0) is 15.0 Å². The van der Waals surface area contributed by atoms with Gasteiger partial charge in [0.05, 0.1) is 10.8 Å². The largest absolute Gasteiger partial charge is 0.605 e. The van der Waals surface area contributed by atoms with Crippen LogP contribution in [0.15, 0.2) is 0 Å². The molecule has 4 heteroatoms. The van der Waals surface area contributed by atoms with E-state index in [0.717, 1.165) is 31.4 Å². The maximum Gasteiger partial charge on any atom is 0.138 e. The first kappa shape index (κ1) is 14.4. The van der Waals surface area contributed by atoms with Crippen molar-refractivity contribution in [1.29, 1.82) is 0 Å². The van der Waals surface area contributed by atoms with Crippen LogP contribution in [0, 0.1) is 5.41 Å². The average molecular weight is 262 g/mol. The lowest BCUT2D eigenvalue weighted by Crippen LogP contribution is -2.20. The quantitative estimate of drug-likeness (QED) is 0.433. The van der Waals surface area contributed by atoms with Gasteiger partial charge in [-0.3, -0.25) is 4.79 Å². The smallest absolute Gasteiger partial charge is 0.138 e. The van der Waals surface area contributed by atoms with E-state index in [-0.39, 0.29) is 5.41 Å². The van der Waals surface area contributed by atoms with Gasteiger partial charge in [-0.05, 0) is 19.3 Å². The molecule has 0 aromatic rings. The molecule has 1 saturated heterocycles. The van der Waals surface area contributed by atoms with Crippen molar-refractivity contribution in [3.05, 3.63) is 0 Å². The first-order valence-corrected chi connectivity index (χ1v) is 8.70. The number of carbonyl (C=O) groups is 1. The summed E-state index contributed by atoms with van der Waals surface area (Å²) in [6.45, 7) is 5.91. The fraction of sp³-hybridized carbons (Fsp3) is 0.917. The van der Waals surface area contributed by atoms with Crippen LogP contribution in [0.2, 0.25) is 0 Å². The van der Waals surface area contributed by atoms with Gasteiger partial charge in [0.25, 0.3) is 0 Å². The zero-order valence-corrected chi connectivity index (χ0v) is 12.1. The van der Waals surface area contributed by atoms with Gasteiger partial charge >= 0.3 is 0 Å². The predicted molar refractivity (Wildman–Crippen MR) is 71.9 cm³/mol. The van der Waals surface area contributed by atoms with Crippen molar-refractivity contribution >= 4 is 26.8 Å². The van der Waals surface area contributed by atoms with Crippen LogP contribution in [0.3, 0.4) is 0 Å². The maximum atomic E-state index is 11.7. The minimum Gasteiger partial charge on any atom is -0.605 e. The Kier molecular flexibility index (Phi) is 5.68. The Morgan fingerprint density at radius 1 is 1.44 bits per heavy atom. The standard InChI is InChI=1S/C12H22O2S2/c1-12(2,3)11(13)7-5-4-6-10-8-9-15-16(10)14/h10H,4-9H2,1-3H3. The van der Waals surface area contributed by atoms with E-state index in [9.17, 15) is 9.35 Å². The highest BCUT2D eigenvalue weighted by Gasteiger charge is 2.30. The Morgan fingerprint density at radius 2 is 2.12 bits per heavy atom. The van der Waals surface area contributed by atoms with Gasteiger partial charge in [0, 0.05) is 34.2 Å². The summed E-state index contributed by atoms with van der Waals surface area (Å²) in [7, 11) is 0.919. The van der Waals surface area contributed by atoms with E-state index in [2.05, 4.69) is 0 Å². The van der Waals surface area contributed by atoms with Gasteiger partial charge in [-0.2, -0.15) is 0 Å². The molecule has 1 fully saturated rings. The fourth-order valence-corrected chi connectivity index (χ4v) is 5.22. The Hall–Kier alpha value is 0.330. The van der Waals surface area contributed by atoms with Crippen molar-refractivity contribution < 1.29 is 9.35 Å². The van der Waals surface area contributed by atoms with Crippen molar-refractivity contribution in [2.45, 2.75) is 58.1 Å². The minimum atomic E-state index is -0.660. The Morgan fingerprint density at radius 3 is 2.62 bits per heavy atom. The summed E-state index contributed by atoms with van der Waals surface area (Å²) in [5.74, 6) is 1.38. The van der Waals surface area contributed by atoms with Crippen molar-refractivity contribution in [1.82, 2.24) is 0 Å². The number of rotatable bonds is 5. The number of ketones is 1. The Bertz CT molecular complexity index is 236. The zero-order valence-electron chi connectivity index (χ0n) is 10.5. The molecule has 0 saturated carbocycles. The molecular weight excluding hydrogens is 240 g/mol. The number of carbonyl (C=O) groups excluding carboxylic acids is 1. The second-order valence-corrected chi connectivity index (χ2v) is 8.94. The molecule has 2 nitrogen and oxygen atoms in total. The number of unbranched alkanes of at least 4 members (excludes halogenated alkanes) is 1. The molecule has 94 valence electrons. The molecule has 0 aliphatic carbocycles. The van der Waals surface area contributed by atoms with Crippen LogP contribution in [0.25, 0.3) is 0 Å². The molecule has 0 N–H and O–H groups in total.